The highest BCUT2D eigenvalue weighted by atomic mass is 16.7. The van der Waals surface area contributed by atoms with E-state index in [1.165, 1.54) is 193 Å². The molecule has 0 aromatic heterocycles. The number of aliphatic hydroxyl groups is 4. The summed E-state index contributed by atoms with van der Waals surface area (Å²) in [6, 6.07) is 0. The van der Waals surface area contributed by atoms with E-state index in [1.54, 1.807) is 0 Å². The quantitative estimate of drug-likeness (QED) is 0.0268. The molecular formula is C51H98O9. The van der Waals surface area contributed by atoms with Crippen molar-refractivity contribution in [2.45, 2.75) is 282 Å². The van der Waals surface area contributed by atoms with E-state index in [-0.39, 0.29) is 19.2 Å². The molecule has 6 atom stereocenters. The molecule has 0 aliphatic carbocycles. The van der Waals surface area contributed by atoms with Gasteiger partial charge in [0.25, 0.3) is 0 Å². The third-order valence-electron chi connectivity index (χ3n) is 12.2. The largest absolute Gasteiger partial charge is 0.457 e. The minimum Gasteiger partial charge on any atom is -0.457 e. The van der Waals surface area contributed by atoms with Crippen molar-refractivity contribution in [2.24, 2.45) is 0 Å². The Labute approximate surface area is 369 Å². The molecule has 1 saturated heterocycles. The SMILES string of the molecule is CCCCCCCC/C=C\CCCCCCCCCCCC(=O)OC(COCCCCCCCCCCCCCCCCCCCC)COC1OC(CO)C(O)C(O)C1O. The number of unbranched alkanes of at least 4 members (excludes halogenated alkanes) is 32. The van der Waals surface area contributed by atoms with E-state index in [4.69, 9.17) is 18.9 Å². The summed E-state index contributed by atoms with van der Waals surface area (Å²) in [7, 11) is 0. The van der Waals surface area contributed by atoms with Gasteiger partial charge in [-0.15, -0.1) is 0 Å². The van der Waals surface area contributed by atoms with Crippen molar-refractivity contribution < 1.29 is 44.2 Å². The number of hydrogen-bond donors (Lipinski definition) is 4. The van der Waals surface area contributed by atoms with E-state index in [0.29, 0.717) is 13.0 Å². The Morgan fingerprint density at radius 1 is 0.517 bits per heavy atom. The molecule has 356 valence electrons. The van der Waals surface area contributed by atoms with E-state index < -0.39 is 43.4 Å². The summed E-state index contributed by atoms with van der Waals surface area (Å²) in [4.78, 5) is 12.8. The first-order valence-corrected chi connectivity index (χ1v) is 25.8. The molecule has 0 aromatic carbocycles. The fraction of sp³-hybridized carbons (Fsp3) is 0.941. The van der Waals surface area contributed by atoms with Crippen molar-refractivity contribution in [3.63, 3.8) is 0 Å². The zero-order chi connectivity index (χ0) is 43.6. The zero-order valence-electron chi connectivity index (χ0n) is 39.2. The minimum atomic E-state index is -1.53. The minimum absolute atomic E-state index is 0.108. The van der Waals surface area contributed by atoms with Crippen molar-refractivity contribution in [1.29, 1.82) is 0 Å². The van der Waals surface area contributed by atoms with Gasteiger partial charge in [-0.25, -0.2) is 0 Å². The van der Waals surface area contributed by atoms with Crippen LogP contribution >= 0.6 is 0 Å². The molecule has 0 spiro atoms. The Hall–Kier alpha value is -1.07. The lowest BCUT2D eigenvalue weighted by Gasteiger charge is -2.39. The molecule has 1 rings (SSSR count). The fourth-order valence-corrected chi connectivity index (χ4v) is 8.14. The first-order valence-electron chi connectivity index (χ1n) is 25.8. The van der Waals surface area contributed by atoms with Crippen LogP contribution in [0.3, 0.4) is 0 Å². The summed E-state index contributed by atoms with van der Waals surface area (Å²) in [5, 5.41) is 40.2. The number of esters is 1. The van der Waals surface area contributed by atoms with Crippen LogP contribution in [0.1, 0.15) is 245 Å². The summed E-state index contributed by atoms with van der Waals surface area (Å²) in [6.07, 6.45) is 42.4. The van der Waals surface area contributed by atoms with Crippen LogP contribution in [0.15, 0.2) is 12.2 Å². The summed E-state index contributed by atoms with van der Waals surface area (Å²) in [6.45, 7) is 4.61. The van der Waals surface area contributed by atoms with Gasteiger partial charge < -0.3 is 39.4 Å². The third kappa shape index (κ3) is 33.5. The van der Waals surface area contributed by atoms with Gasteiger partial charge in [0.1, 0.15) is 30.5 Å². The molecule has 1 aliphatic heterocycles. The van der Waals surface area contributed by atoms with Gasteiger partial charge in [-0.2, -0.15) is 0 Å². The molecule has 6 unspecified atom stereocenters. The molecular weight excluding hydrogens is 757 g/mol. The van der Waals surface area contributed by atoms with Crippen LogP contribution in [0.2, 0.25) is 0 Å². The normalized spacial score (nSPS) is 20.0. The molecule has 9 heteroatoms. The van der Waals surface area contributed by atoms with Crippen molar-refractivity contribution in [3.05, 3.63) is 12.2 Å². The Morgan fingerprint density at radius 3 is 1.35 bits per heavy atom. The molecule has 0 amide bonds. The summed E-state index contributed by atoms with van der Waals surface area (Å²) < 4.78 is 22.9. The summed E-state index contributed by atoms with van der Waals surface area (Å²) in [5.74, 6) is -0.310. The monoisotopic (exact) mass is 855 g/mol. The van der Waals surface area contributed by atoms with Crippen LogP contribution in [-0.4, -0.2) is 89.6 Å². The molecule has 1 fully saturated rings. The Bertz CT molecular complexity index is 930. The van der Waals surface area contributed by atoms with Crippen LogP contribution in [0, 0.1) is 0 Å². The Morgan fingerprint density at radius 2 is 0.917 bits per heavy atom. The van der Waals surface area contributed by atoms with Gasteiger partial charge in [-0.05, 0) is 38.5 Å². The lowest BCUT2D eigenvalue weighted by atomic mass is 9.99. The molecule has 1 aliphatic rings. The van der Waals surface area contributed by atoms with Crippen LogP contribution < -0.4 is 0 Å². The topological polar surface area (TPSA) is 135 Å². The molecule has 4 N–H and O–H groups in total. The zero-order valence-corrected chi connectivity index (χ0v) is 39.2. The molecule has 60 heavy (non-hydrogen) atoms. The average molecular weight is 855 g/mol. The van der Waals surface area contributed by atoms with Crippen molar-refractivity contribution in [3.8, 4) is 0 Å². The van der Waals surface area contributed by atoms with Gasteiger partial charge in [0.05, 0.1) is 19.8 Å². The second kappa shape index (κ2) is 43.2. The number of allylic oxidation sites excluding steroid dienone is 2. The van der Waals surface area contributed by atoms with Crippen molar-refractivity contribution in [1.82, 2.24) is 0 Å². The Balaban J connectivity index is 2.19. The van der Waals surface area contributed by atoms with Gasteiger partial charge in [0, 0.05) is 13.0 Å². The average Bonchev–Trinajstić information content (AvgIpc) is 3.25. The van der Waals surface area contributed by atoms with Crippen LogP contribution in [-0.2, 0) is 23.7 Å². The van der Waals surface area contributed by atoms with Gasteiger partial charge in [0.2, 0.25) is 0 Å². The highest BCUT2D eigenvalue weighted by Gasteiger charge is 2.44. The standard InChI is InChI=1S/C51H98O9/c1-3-5-7-9-11-13-15-17-19-21-23-24-26-28-30-32-34-36-38-40-47(53)59-45(44-58-51-50(56)49(55)48(54)46(42-52)60-51)43-57-41-39-37-35-33-31-29-27-25-22-20-18-16-14-12-10-8-6-4-2/h17,19,45-46,48-52,54-56H,3-16,18,20-44H2,1-2H3/b19-17-. The highest BCUT2D eigenvalue weighted by molar-refractivity contribution is 5.69. The van der Waals surface area contributed by atoms with Crippen molar-refractivity contribution >= 4 is 5.97 Å². The number of carbonyl (C=O) groups is 1. The van der Waals surface area contributed by atoms with Crippen molar-refractivity contribution in [2.75, 3.05) is 26.4 Å². The van der Waals surface area contributed by atoms with E-state index in [2.05, 4.69) is 26.0 Å². The molecule has 0 radical (unpaired) electrons. The van der Waals surface area contributed by atoms with E-state index in [0.717, 1.165) is 32.1 Å². The van der Waals surface area contributed by atoms with E-state index in [9.17, 15) is 25.2 Å². The predicted molar refractivity (Wildman–Crippen MR) is 247 cm³/mol. The highest BCUT2D eigenvalue weighted by Crippen LogP contribution is 2.23. The number of ether oxygens (including phenoxy) is 4. The maximum absolute atomic E-state index is 12.8. The first kappa shape index (κ1) is 56.9. The number of rotatable bonds is 45. The number of aliphatic hydroxyl groups excluding tert-OH is 4. The smallest absolute Gasteiger partial charge is 0.306 e. The molecule has 0 aromatic rings. The predicted octanol–water partition coefficient (Wildman–Crippen LogP) is 12.4. The maximum Gasteiger partial charge on any atom is 0.306 e. The Kier molecular flexibility index (Phi) is 41.0. The number of carbonyl (C=O) groups excluding carboxylic acids is 1. The van der Waals surface area contributed by atoms with Crippen LogP contribution in [0.5, 0.6) is 0 Å². The van der Waals surface area contributed by atoms with Gasteiger partial charge in [0.15, 0.2) is 6.29 Å². The molecule has 1 heterocycles. The summed E-state index contributed by atoms with van der Waals surface area (Å²) >= 11 is 0. The number of hydrogen-bond acceptors (Lipinski definition) is 9. The molecule has 9 nitrogen and oxygen atoms in total. The first-order chi connectivity index (χ1) is 29.4. The van der Waals surface area contributed by atoms with Gasteiger partial charge in [-0.1, -0.05) is 212 Å². The second-order valence-corrected chi connectivity index (χ2v) is 18.0. The van der Waals surface area contributed by atoms with Crippen LogP contribution in [0.25, 0.3) is 0 Å². The van der Waals surface area contributed by atoms with Crippen LogP contribution in [0.4, 0.5) is 0 Å². The third-order valence-corrected chi connectivity index (χ3v) is 12.2. The molecule has 0 saturated carbocycles. The molecule has 0 bridgehead atoms. The summed E-state index contributed by atoms with van der Waals surface area (Å²) in [5.41, 5.74) is 0. The lowest BCUT2D eigenvalue weighted by Crippen LogP contribution is -2.59. The second-order valence-electron chi connectivity index (χ2n) is 18.0. The van der Waals surface area contributed by atoms with E-state index in [1.807, 2.05) is 0 Å². The maximum atomic E-state index is 12.8. The van der Waals surface area contributed by atoms with Gasteiger partial charge >= 0.3 is 5.97 Å². The van der Waals surface area contributed by atoms with Gasteiger partial charge in [-0.3, -0.25) is 4.79 Å². The fourth-order valence-electron chi connectivity index (χ4n) is 8.14. The lowest BCUT2D eigenvalue weighted by molar-refractivity contribution is -0.305. The van der Waals surface area contributed by atoms with E-state index >= 15 is 0 Å².